The van der Waals surface area contributed by atoms with Crippen molar-refractivity contribution in [3.63, 3.8) is 0 Å². The van der Waals surface area contributed by atoms with Crippen LogP contribution >= 0.6 is 11.3 Å². The molecule has 1 aromatic heterocycles. The second-order valence-electron chi connectivity index (χ2n) is 4.94. The predicted octanol–water partition coefficient (Wildman–Crippen LogP) is 3.67. The highest BCUT2D eigenvalue weighted by Crippen LogP contribution is 2.40. The van der Waals surface area contributed by atoms with Gasteiger partial charge >= 0.3 is 0 Å². The maximum Gasteiger partial charge on any atom is 0.248 e. The molecule has 5 heteroatoms. The first-order valence-electron chi connectivity index (χ1n) is 6.02. The lowest BCUT2D eigenvalue weighted by molar-refractivity contribution is -0.0543. The van der Waals surface area contributed by atoms with E-state index in [0.29, 0.717) is 12.8 Å². The summed E-state index contributed by atoms with van der Waals surface area (Å²) in [6.07, 6.45) is 3.95. The van der Waals surface area contributed by atoms with Crippen LogP contribution in [0.4, 0.5) is 8.78 Å². The van der Waals surface area contributed by atoms with Crippen molar-refractivity contribution in [1.29, 1.82) is 0 Å². The topological polar surface area (TPSA) is 38.9 Å². The van der Waals surface area contributed by atoms with Gasteiger partial charge in [-0.3, -0.25) is 0 Å². The highest BCUT2D eigenvalue weighted by atomic mass is 32.1. The third kappa shape index (κ3) is 3.45. The first-order chi connectivity index (χ1) is 7.96. The lowest BCUT2D eigenvalue weighted by Crippen LogP contribution is -2.28. The van der Waals surface area contributed by atoms with Gasteiger partial charge in [0.1, 0.15) is 0 Å². The van der Waals surface area contributed by atoms with E-state index in [4.69, 9.17) is 5.73 Å². The fraction of sp³-hybridized carbons (Fsp3) is 0.750. The average Bonchev–Trinajstić information content (AvgIpc) is 2.63. The molecule has 17 heavy (non-hydrogen) atoms. The Labute approximate surface area is 104 Å². The van der Waals surface area contributed by atoms with Crippen LogP contribution < -0.4 is 5.73 Å². The number of hydrogen-bond acceptors (Lipinski definition) is 3. The standard InChI is InChI=1S/C12H18F2N2S/c1-8-16-7-11(17-8)10(15)5-9-3-2-4-12(13,14)6-9/h7,9-10H,2-6,15H2,1H3. The summed E-state index contributed by atoms with van der Waals surface area (Å²) in [5, 5.41) is 0.976. The Balaban J connectivity index is 1.92. The number of rotatable bonds is 3. The van der Waals surface area contributed by atoms with Crippen LogP contribution in [0.1, 0.15) is 48.0 Å². The van der Waals surface area contributed by atoms with E-state index >= 15 is 0 Å². The van der Waals surface area contributed by atoms with Gasteiger partial charge in [-0.25, -0.2) is 13.8 Å². The van der Waals surface area contributed by atoms with Crippen LogP contribution in [0.25, 0.3) is 0 Å². The molecule has 1 aliphatic carbocycles. The Bertz CT molecular complexity index is 378. The Kier molecular flexibility index (Phi) is 3.78. The molecule has 0 bridgehead atoms. The maximum atomic E-state index is 13.3. The largest absolute Gasteiger partial charge is 0.323 e. The molecule has 0 aliphatic heterocycles. The van der Waals surface area contributed by atoms with Crippen molar-refractivity contribution >= 4 is 11.3 Å². The molecule has 2 unspecified atom stereocenters. The Morgan fingerprint density at radius 3 is 3.00 bits per heavy atom. The quantitative estimate of drug-likeness (QED) is 0.900. The minimum Gasteiger partial charge on any atom is -0.323 e. The summed E-state index contributed by atoms with van der Waals surface area (Å²) in [5.74, 6) is -2.43. The molecular weight excluding hydrogens is 242 g/mol. The van der Waals surface area contributed by atoms with Gasteiger partial charge in [0, 0.05) is 30.0 Å². The number of halogens is 2. The van der Waals surface area contributed by atoms with E-state index in [1.54, 1.807) is 17.5 Å². The third-order valence-corrected chi connectivity index (χ3v) is 4.38. The summed E-state index contributed by atoms with van der Waals surface area (Å²) < 4.78 is 26.5. The van der Waals surface area contributed by atoms with Crippen LogP contribution in [0.2, 0.25) is 0 Å². The van der Waals surface area contributed by atoms with Crippen LogP contribution in [0.15, 0.2) is 6.20 Å². The number of nitrogens with zero attached hydrogens (tertiary/aromatic N) is 1. The molecule has 2 nitrogen and oxygen atoms in total. The SMILES string of the molecule is Cc1ncc(C(N)CC2CCCC(F)(F)C2)s1. The molecule has 1 heterocycles. The third-order valence-electron chi connectivity index (χ3n) is 3.33. The molecule has 1 saturated carbocycles. The zero-order valence-corrected chi connectivity index (χ0v) is 10.8. The number of aromatic nitrogens is 1. The van der Waals surface area contributed by atoms with Crippen LogP contribution in [-0.4, -0.2) is 10.9 Å². The lowest BCUT2D eigenvalue weighted by atomic mass is 9.82. The highest BCUT2D eigenvalue weighted by Gasteiger charge is 2.36. The van der Waals surface area contributed by atoms with E-state index in [2.05, 4.69) is 4.98 Å². The van der Waals surface area contributed by atoms with Gasteiger partial charge in [0.25, 0.3) is 0 Å². The van der Waals surface area contributed by atoms with Crippen molar-refractivity contribution in [2.45, 2.75) is 51.0 Å². The predicted molar refractivity (Wildman–Crippen MR) is 65.3 cm³/mol. The molecule has 2 rings (SSSR count). The molecule has 1 aromatic rings. The number of alkyl halides is 2. The van der Waals surface area contributed by atoms with Crippen molar-refractivity contribution < 1.29 is 8.78 Å². The van der Waals surface area contributed by atoms with Gasteiger partial charge in [0.2, 0.25) is 5.92 Å². The normalized spacial score (nSPS) is 25.8. The summed E-state index contributed by atoms with van der Waals surface area (Å²) in [4.78, 5) is 5.16. The minimum absolute atomic E-state index is 0.00150. The molecule has 0 spiro atoms. The summed E-state index contributed by atoms with van der Waals surface area (Å²) in [6.45, 7) is 1.93. The Hall–Kier alpha value is -0.550. The van der Waals surface area contributed by atoms with Crippen LogP contribution in [-0.2, 0) is 0 Å². The lowest BCUT2D eigenvalue weighted by Gasteiger charge is -2.30. The molecule has 0 amide bonds. The fourth-order valence-corrected chi connectivity index (χ4v) is 3.30. The minimum atomic E-state index is -2.48. The molecule has 1 fully saturated rings. The van der Waals surface area contributed by atoms with Gasteiger partial charge in [-0.15, -0.1) is 11.3 Å². The van der Waals surface area contributed by atoms with Crippen LogP contribution in [0.5, 0.6) is 0 Å². The van der Waals surface area contributed by atoms with E-state index < -0.39 is 5.92 Å². The first kappa shape index (κ1) is 12.9. The van der Waals surface area contributed by atoms with Crippen molar-refractivity contribution in [1.82, 2.24) is 4.98 Å². The summed E-state index contributed by atoms with van der Waals surface area (Å²) >= 11 is 1.56. The van der Waals surface area contributed by atoms with Gasteiger partial charge < -0.3 is 5.73 Å². The van der Waals surface area contributed by atoms with E-state index in [9.17, 15) is 8.78 Å². The fourth-order valence-electron chi connectivity index (χ4n) is 2.50. The summed E-state index contributed by atoms with van der Waals surface area (Å²) in [5.41, 5.74) is 6.05. The van der Waals surface area contributed by atoms with E-state index in [1.165, 1.54) is 0 Å². The van der Waals surface area contributed by atoms with Gasteiger partial charge in [-0.1, -0.05) is 0 Å². The molecule has 0 radical (unpaired) electrons. The molecule has 96 valence electrons. The summed E-state index contributed by atoms with van der Waals surface area (Å²) in [7, 11) is 0. The number of aryl methyl sites for hydroxylation is 1. The molecule has 1 aliphatic rings. The Morgan fingerprint density at radius 1 is 1.65 bits per heavy atom. The Morgan fingerprint density at radius 2 is 2.41 bits per heavy atom. The van der Waals surface area contributed by atoms with E-state index in [-0.39, 0.29) is 24.8 Å². The molecule has 0 aromatic carbocycles. The molecule has 2 atom stereocenters. The molecular formula is C12H18F2N2S. The van der Waals surface area contributed by atoms with Crippen LogP contribution in [0, 0.1) is 12.8 Å². The van der Waals surface area contributed by atoms with Crippen LogP contribution in [0.3, 0.4) is 0 Å². The number of hydrogen-bond donors (Lipinski definition) is 1. The zero-order chi connectivity index (χ0) is 12.5. The number of nitrogens with two attached hydrogens (primary N) is 1. The average molecular weight is 260 g/mol. The molecule has 2 N–H and O–H groups in total. The van der Waals surface area contributed by atoms with Crippen molar-refractivity contribution in [3.05, 3.63) is 16.1 Å². The van der Waals surface area contributed by atoms with Gasteiger partial charge in [0.15, 0.2) is 0 Å². The smallest absolute Gasteiger partial charge is 0.248 e. The van der Waals surface area contributed by atoms with Gasteiger partial charge in [-0.05, 0) is 32.1 Å². The van der Waals surface area contributed by atoms with Gasteiger partial charge in [0.05, 0.1) is 5.01 Å². The highest BCUT2D eigenvalue weighted by molar-refractivity contribution is 7.11. The maximum absolute atomic E-state index is 13.3. The van der Waals surface area contributed by atoms with Crippen molar-refractivity contribution in [2.24, 2.45) is 11.7 Å². The monoisotopic (exact) mass is 260 g/mol. The second kappa shape index (κ2) is 4.98. The van der Waals surface area contributed by atoms with Gasteiger partial charge in [-0.2, -0.15) is 0 Å². The van der Waals surface area contributed by atoms with E-state index in [0.717, 1.165) is 16.3 Å². The second-order valence-corrected chi connectivity index (χ2v) is 6.21. The van der Waals surface area contributed by atoms with E-state index in [1.807, 2.05) is 6.92 Å². The van der Waals surface area contributed by atoms with Crippen molar-refractivity contribution in [3.8, 4) is 0 Å². The number of thiazole rings is 1. The van der Waals surface area contributed by atoms with Crippen molar-refractivity contribution in [2.75, 3.05) is 0 Å². The summed E-state index contributed by atoms with van der Waals surface area (Å²) in [6, 6.07) is -0.139. The zero-order valence-electron chi connectivity index (χ0n) is 9.96. The first-order valence-corrected chi connectivity index (χ1v) is 6.84. The molecule has 0 saturated heterocycles.